The summed E-state index contributed by atoms with van der Waals surface area (Å²) in [5.41, 5.74) is 0. The summed E-state index contributed by atoms with van der Waals surface area (Å²) in [6.07, 6.45) is 3.40. The van der Waals surface area contributed by atoms with E-state index in [0.29, 0.717) is 31.0 Å². The Balaban J connectivity index is 1.81. The topological polar surface area (TPSA) is 75.7 Å². The van der Waals surface area contributed by atoms with Gasteiger partial charge in [-0.3, -0.25) is 4.79 Å². The highest BCUT2D eigenvalue weighted by atomic mass is 35.5. The van der Waals surface area contributed by atoms with Gasteiger partial charge < -0.3 is 10.1 Å². The third-order valence-corrected chi connectivity index (χ3v) is 6.62. The van der Waals surface area contributed by atoms with Crippen molar-refractivity contribution in [3.8, 4) is 5.75 Å². The van der Waals surface area contributed by atoms with Crippen molar-refractivity contribution in [2.45, 2.75) is 43.5 Å². The number of carbonyl (C=O) groups excluding carboxylic acids is 1. The number of amides is 1. The van der Waals surface area contributed by atoms with E-state index in [1.165, 1.54) is 10.4 Å². The van der Waals surface area contributed by atoms with Crippen molar-refractivity contribution in [2.75, 3.05) is 19.7 Å². The minimum Gasteiger partial charge on any atom is -0.492 e. The highest BCUT2D eigenvalue weighted by Gasteiger charge is 2.36. The Morgan fingerprint density at radius 2 is 2.12 bits per heavy atom. The number of carbonyl (C=O) groups is 1. The molecule has 2 fully saturated rings. The van der Waals surface area contributed by atoms with Crippen LogP contribution in [0.25, 0.3) is 0 Å². The number of hydrogen-bond acceptors (Lipinski definition) is 4. The normalized spacial score (nSPS) is 21.8. The first-order chi connectivity index (χ1) is 11.9. The van der Waals surface area contributed by atoms with E-state index in [1.807, 2.05) is 0 Å². The lowest BCUT2D eigenvalue weighted by Crippen LogP contribution is -2.45. The molecule has 8 heteroatoms. The Morgan fingerprint density at radius 1 is 1.36 bits per heavy atom. The number of ether oxygens (including phenoxy) is 1. The third-order valence-electron chi connectivity index (χ3n) is 4.50. The molecule has 1 aliphatic heterocycles. The van der Waals surface area contributed by atoms with Crippen LogP contribution in [0.4, 0.5) is 0 Å². The van der Waals surface area contributed by atoms with E-state index in [0.717, 1.165) is 12.8 Å². The second kappa shape index (κ2) is 7.51. The summed E-state index contributed by atoms with van der Waals surface area (Å²) in [7, 11) is -3.77. The number of piperidine rings is 1. The van der Waals surface area contributed by atoms with E-state index in [-0.39, 0.29) is 35.1 Å². The maximum absolute atomic E-state index is 13.1. The Kier molecular flexibility index (Phi) is 5.55. The first-order valence-corrected chi connectivity index (χ1v) is 10.5. The highest BCUT2D eigenvalue weighted by molar-refractivity contribution is 7.89. The highest BCUT2D eigenvalue weighted by Crippen LogP contribution is 2.32. The Bertz CT molecular complexity index is 749. The summed E-state index contributed by atoms with van der Waals surface area (Å²) in [5, 5.41) is 3.31. The molecular weight excluding hydrogens is 364 g/mol. The lowest BCUT2D eigenvalue weighted by atomic mass is 9.99. The van der Waals surface area contributed by atoms with Crippen molar-refractivity contribution in [1.29, 1.82) is 0 Å². The van der Waals surface area contributed by atoms with E-state index < -0.39 is 10.0 Å². The summed E-state index contributed by atoms with van der Waals surface area (Å²) in [6.45, 7) is 2.74. The Morgan fingerprint density at radius 3 is 2.80 bits per heavy atom. The van der Waals surface area contributed by atoms with E-state index in [4.69, 9.17) is 16.3 Å². The van der Waals surface area contributed by atoms with Crippen LogP contribution in [-0.2, 0) is 14.8 Å². The maximum Gasteiger partial charge on any atom is 0.246 e. The molecule has 2 aliphatic rings. The molecule has 25 heavy (non-hydrogen) atoms. The molecule has 1 aromatic rings. The van der Waals surface area contributed by atoms with Crippen molar-refractivity contribution < 1.29 is 17.9 Å². The van der Waals surface area contributed by atoms with Gasteiger partial charge in [-0.15, -0.1) is 0 Å². The van der Waals surface area contributed by atoms with Crippen molar-refractivity contribution >= 4 is 27.5 Å². The molecule has 0 unspecified atom stereocenters. The first kappa shape index (κ1) is 18.5. The van der Waals surface area contributed by atoms with Crippen LogP contribution < -0.4 is 10.1 Å². The molecule has 1 amide bonds. The van der Waals surface area contributed by atoms with Gasteiger partial charge in [-0.2, -0.15) is 4.31 Å². The summed E-state index contributed by atoms with van der Waals surface area (Å²) in [4.78, 5) is 12.4. The zero-order chi connectivity index (χ0) is 18.0. The number of sulfonamides is 1. The summed E-state index contributed by atoms with van der Waals surface area (Å²) in [5.74, 6) is -0.0613. The number of nitrogens with zero attached hydrogens (tertiary/aromatic N) is 1. The zero-order valence-electron chi connectivity index (χ0n) is 14.2. The monoisotopic (exact) mass is 386 g/mol. The van der Waals surface area contributed by atoms with Crippen LogP contribution in [0.2, 0.25) is 5.02 Å². The van der Waals surface area contributed by atoms with Crippen LogP contribution in [0.15, 0.2) is 23.1 Å². The molecule has 0 bridgehead atoms. The van der Waals surface area contributed by atoms with E-state index in [2.05, 4.69) is 5.32 Å². The Hall–Kier alpha value is -1.31. The van der Waals surface area contributed by atoms with Gasteiger partial charge in [0.15, 0.2) is 0 Å². The lowest BCUT2D eigenvalue weighted by molar-refractivity contribution is -0.126. The van der Waals surface area contributed by atoms with Gasteiger partial charge in [0, 0.05) is 24.2 Å². The van der Waals surface area contributed by atoms with Gasteiger partial charge in [0.2, 0.25) is 15.9 Å². The minimum atomic E-state index is -3.77. The number of hydrogen-bond donors (Lipinski definition) is 1. The average Bonchev–Trinajstić information content (AvgIpc) is 3.40. The van der Waals surface area contributed by atoms with Gasteiger partial charge >= 0.3 is 0 Å². The van der Waals surface area contributed by atoms with Crippen molar-refractivity contribution in [2.24, 2.45) is 5.92 Å². The summed E-state index contributed by atoms with van der Waals surface area (Å²) < 4.78 is 33.0. The predicted molar refractivity (Wildman–Crippen MR) is 95.3 cm³/mol. The molecule has 6 nitrogen and oxygen atoms in total. The van der Waals surface area contributed by atoms with Crippen molar-refractivity contribution in [1.82, 2.24) is 9.62 Å². The second-order valence-corrected chi connectivity index (χ2v) is 8.85. The molecule has 1 saturated heterocycles. The molecule has 0 aromatic heterocycles. The van der Waals surface area contributed by atoms with E-state index in [9.17, 15) is 13.2 Å². The summed E-state index contributed by atoms with van der Waals surface area (Å²) >= 11 is 6.00. The molecule has 1 saturated carbocycles. The predicted octanol–water partition coefficient (Wildman–Crippen LogP) is 2.42. The van der Waals surface area contributed by atoms with E-state index >= 15 is 0 Å². The lowest BCUT2D eigenvalue weighted by Gasteiger charge is -2.31. The number of nitrogens with one attached hydrogen (secondary N) is 1. The smallest absolute Gasteiger partial charge is 0.246 e. The first-order valence-electron chi connectivity index (χ1n) is 8.64. The fourth-order valence-corrected chi connectivity index (χ4v) is 4.94. The maximum atomic E-state index is 13.1. The summed E-state index contributed by atoms with van der Waals surface area (Å²) in [6, 6.07) is 4.86. The van der Waals surface area contributed by atoms with Crippen LogP contribution in [0.3, 0.4) is 0 Å². The molecule has 1 aromatic carbocycles. The standard InChI is InChI=1S/C17H23ClN2O4S/c1-2-24-15-8-5-13(18)10-16(15)25(22,23)20-9-3-4-12(11-20)17(21)19-14-6-7-14/h5,8,10,12,14H,2-4,6-7,9,11H2,1H3,(H,19,21)/t12-/m1/s1. The quantitative estimate of drug-likeness (QED) is 0.814. The molecule has 0 spiro atoms. The van der Waals surface area contributed by atoms with Crippen molar-refractivity contribution in [3.05, 3.63) is 23.2 Å². The van der Waals surface area contributed by atoms with Crippen LogP contribution in [-0.4, -0.2) is 44.4 Å². The SMILES string of the molecule is CCOc1ccc(Cl)cc1S(=O)(=O)N1CCC[C@@H](C(=O)NC2CC2)C1. The van der Waals surface area contributed by atoms with Crippen LogP contribution in [0.1, 0.15) is 32.6 Å². The molecule has 0 radical (unpaired) electrons. The molecule has 1 heterocycles. The minimum absolute atomic E-state index is 0.0430. The van der Waals surface area contributed by atoms with Crippen molar-refractivity contribution in [3.63, 3.8) is 0 Å². The van der Waals surface area contributed by atoms with E-state index in [1.54, 1.807) is 19.1 Å². The fourth-order valence-electron chi connectivity index (χ4n) is 3.02. The molecular formula is C17H23ClN2O4S. The Labute approximate surface area is 153 Å². The largest absolute Gasteiger partial charge is 0.492 e. The van der Waals surface area contributed by atoms with Gasteiger partial charge in [-0.05, 0) is 50.8 Å². The molecule has 3 rings (SSSR count). The van der Waals surface area contributed by atoms with Crippen LogP contribution >= 0.6 is 11.6 Å². The van der Waals surface area contributed by atoms with Crippen LogP contribution in [0, 0.1) is 5.92 Å². The molecule has 1 atom stereocenters. The van der Waals surface area contributed by atoms with Gasteiger partial charge in [0.25, 0.3) is 0 Å². The number of benzene rings is 1. The molecule has 138 valence electrons. The van der Waals surface area contributed by atoms with Gasteiger partial charge in [0.05, 0.1) is 12.5 Å². The average molecular weight is 387 g/mol. The van der Waals surface area contributed by atoms with Crippen LogP contribution in [0.5, 0.6) is 5.75 Å². The fraction of sp³-hybridized carbons (Fsp3) is 0.588. The molecule has 1 N–H and O–H groups in total. The second-order valence-electron chi connectivity index (χ2n) is 6.51. The van der Waals surface area contributed by atoms with Gasteiger partial charge in [-0.1, -0.05) is 11.6 Å². The number of halogens is 1. The number of rotatable bonds is 6. The van der Waals surface area contributed by atoms with Gasteiger partial charge in [0.1, 0.15) is 10.6 Å². The zero-order valence-corrected chi connectivity index (χ0v) is 15.8. The third kappa shape index (κ3) is 4.27. The van der Waals surface area contributed by atoms with Gasteiger partial charge in [-0.25, -0.2) is 8.42 Å². The molecule has 1 aliphatic carbocycles.